The maximum absolute atomic E-state index is 12.6. The molecule has 0 saturated carbocycles. The number of imidazole rings is 2. The van der Waals surface area contributed by atoms with Crippen molar-refractivity contribution in [3.63, 3.8) is 0 Å². The first-order valence-electron chi connectivity index (χ1n) is 9.59. The van der Waals surface area contributed by atoms with Crippen molar-refractivity contribution in [2.45, 2.75) is 25.8 Å². The highest BCUT2D eigenvalue weighted by molar-refractivity contribution is 5.76. The number of para-hydroxylation sites is 2. The third-order valence-corrected chi connectivity index (χ3v) is 5.34. The van der Waals surface area contributed by atoms with E-state index in [0.29, 0.717) is 12.5 Å². The lowest BCUT2D eigenvalue weighted by atomic mass is 9.98. The number of nitrogens with one attached hydrogen (secondary N) is 1. The van der Waals surface area contributed by atoms with Gasteiger partial charge in [0.2, 0.25) is 0 Å². The molecule has 1 aliphatic rings. The Balaban J connectivity index is 1.29. The minimum atomic E-state index is 0.0316. The smallest absolute Gasteiger partial charge is 0.317 e. The summed E-state index contributed by atoms with van der Waals surface area (Å²) in [7, 11) is 2.03. The first-order chi connectivity index (χ1) is 13.2. The number of carbonyl (C=O) groups excluding carboxylic acids is 1. The van der Waals surface area contributed by atoms with Crippen molar-refractivity contribution in [3.8, 4) is 0 Å². The van der Waals surface area contributed by atoms with E-state index in [-0.39, 0.29) is 6.03 Å². The van der Waals surface area contributed by atoms with Crippen molar-refractivity contribution in [1.29, 1.82) is 0 Å². The van der Waals surface area contributed by atoms with Crippen LogP contribution in [0.25, 0.3) is 11.0 Å². The fourth-order valence-corrected chi connectivity index (χ4v) is 3.90. The third-order valence-electron chi connectivity index (χ3n) is 5.34. The molecule has 0 radical (unpaired) electrons. The summed E-state index contributed by atoms with van der Waals surface area (Å²) >= 11 is 0. The van der Waals surface area contributed by atoms with Gasteiger partial charge in [-0.1, -0.05) is 12.1 Å². The monoisotopic (exact) mass is 366 g/mol. The molecule has 7 heteroatoms. The van der Waals surface area contributed by atoms with Crippen LogP contribution < -0.4 is 5.32 Å². The van der Waals surface area contributed by atoms with Gasteiger partial charge >= 0.3 is 6.03 Å². The summed E-state index contributed by atoms with van der Waals surface area (Å²) in [6, 6.07) is 8.14. The quantitative estimate of drug-likeness (QED) is 0.754. The van der Waals surface area contributed by atoms with Crippen LogP contribution in [-0.2, 0) is 20.0 Å². The van der Waals surface area contributed by atoms with Crippen molar-refractivity contribution in [2.24, 2.45) is 13.0 Å². The van der Waals surface area contributed by atoms with E-state index in [9.17, 15) is 4.79 Å². The number of likely N-dealkylation sites (tertiary alicyclic amines) is 1. The number of rotatable bonds is 5. The number of carbonyl (C=O) groups is 1. The van der Waals surface area contributed by atoms with Crippen molar-refractivity contribution in [2.75, 3.05) is 19.6 Å². The highest BCUT2D eigenvalue weighted by Crippen LogP contribution is 2.18. The highest BCUT2D eigenvalue weighted by Gasteiger charge is 2.23. The van der Waals surface area contributed by atoms with Gasteiger partial charge in [-0.15, -0.1) is 0 Å². The van der Waals surface area contributed by atoms with E-state index in [1.165, 1.54) is 0 Å². The lowest BCUT2D eigenvalue weighted by Gasteiger charge is -2.33. The van der Waals surface area contributed by atoms with E-state index < -0.39 is 0 Å². The predicted molar refractivity (Wildman–Crippen MR) is 104 cm³/mol. The van der Waals surface area contributed by atoms with Crippen LogP contribution in [0.3, 0.4) is 0 Å². The van der Waals surface area contributed by atoms with Gasteiger partial charge in [0.25, 0.3) is 0 Å². The summed E-state index contributed by atoms with van der Waals surface area (Å²) in [6.07, 6.45) is 8.56. The number of aryl methyl sites for hydroxylation is 1. The normalized spacial score (nSPS) is 17.4. The largest absolute Gasteiger partial charge is 0.338 e. The number of urea groups is 1. The van der Waals surface area contributed by atoms with E-state index in [2.05, 4.69) is 30.5 Å². The van der Waals surface area contributed by atoms with E-state index in [4.69, 9.17) is 0 Å². The zero-order valence-electron chi connectivity index (χ0n) is 15.7. The number of benzene rings is 1. The molecule has 0 bridgehead atoms. The molecule has 1 fully saturated rings. The van der Waals surface area contributed by atoms with Crippen molar-refractivity contribution < 1.29 is 4.79 Å². The minimum Gasteiger partial charge on any atom is -0.338 e. The Morgan fingerprint density at radius 3 is 3.04 bits per heavy atom. The Hall–Kier alpha value is -2.83. The molecule has 27 heavy (non-hydrogen) atoms. The first-order valence-corrected chi connectivity index (χ1v) is 9.59. The van der Waals surface area contributed by atoms with Gasteiger partial charge in [0.15, 0.2) is 0 Å². The summed E-state index contributed by atoms with van der Waals surface area (Å²) in [5, 5.41) is 3.07. The molecule has 1 atom stereocenters. The second-order valence-electron chi connectivity index (χ2n) is 7.27. The summed E-state index contributed by atoms with van der Waals surface area (Å²) in [6.45, 7) is 3.15. The van der Waals surface area contributed by atoms with Crippen LogP contribution >= 0.6 is 0 Å². The SMILES string of the molecule is Cn1c(CCNC(=O)N2CCC[C@@H](Cn3ccnc3)C2)nc2ccccc21. The maximum atomic E-state index is 12.6. The van der Waals surface area contributed by atoms with E-state index in [1.807, 2.05) is 42.7 Å². The number of fused-ring (bicyclic) bond motifs is 1. The van der Waals surface area contributed by atoms with Crippen molar-refractivity contribution in [1.82, 2.24) is 29.3 Å². The Morgan fingerprint density at radius 1 is 1.33 bits per heavy atom. The average Bonchev–Trinajstić information content (AvgIpc) is 3.30. The number of hydrogen-bond acceptors (Lipinski definition) is 3. The number of amides is 2. The van der Waals surface area contributed by atoms with Crippen molar-refractivity contribution in [3.05, 3.63) is 48.8 Å². The number of aromatic nitrogens is 4. The van der Waals surface area contributed by atoms with Gasteiger partial charge < -0.3 is 19.4 Å². The average molecular weight is 366 g/mol. The van der Waals surface area contributed by atoms with Gasteiger partial charge in [-0.2, -0.15) is 0 Å². The van der Waals surface area contributed by atoms with Gasteiger partial charge in [0.05, 0.1) is 17.4 Å². The van der Waals surface area contributed by atoms with Crippen molar-refractivity contribution >= 4 is 17.1 Å². The van der Waals surface area contributed by atoms with Gasteiger partial charge in [-0.25, -0.2) is 14.8 Å². The molecule has 4 rings (SSSR count). The topological polar surface area (TPSA) is 68.0 Å². The maximum Gasteiger partial charge on any atom is 0.317 e. The van der Waals surface area contributed by atoms with Crippen LogP contribution in [0.2, 0.25) is 0 Å². The molecule has 1 N–H and O–H groups in total. The second kappa shape index (κ2) is 7.82. The molecule has 3 heterocycles. The summed E-state index contributed by atoms with van der Waals surface area (Å²) < 4.78 is 4.20. The molecule has 2 aromatic heterocycles. The summed E-state index contributed by atoms with van der Waals surface area (Å²) in [4.78, 5) is 23.3. The molecule has 142 valence electrons. The fourth-order valence-electron chi connectivity index (χ4n) is 3.90. The molecule has 1 saturated heterocycles. The van der Waals surface area contributed by atoms with E-state index >= 15 is 0 Å². The van der Waals surface area contributed by atoms with Gasteiger partial charge in [0, 0.05) is 52.0 Å². The van der Waals surface area contributed by atoms with Crippen LogP contribution in [0.1, 0.15) is 18.7 Å². The molecule has 3 aromatic rings. The van der Waals surface area contributed by atoms with E-state index in [1.54, 1.807) is 6.20 Å². The van der Waals surface area contributed by atoms with Crippen LogP contribution in [0, 0.1) is 5.92 Å². The second-order valence-corrected chi connectivity index (χ2v) is 7.27. The Kier molecular flexibility index (Phi) is 5.09. The molecule has 7 nitrogen and oxygen atoms in total. The third kappa shape index (κ3) is 3.97. The first kappa shape index (κ1) is 17.6. The van der Waals surface area contributed by atoms with Crippen LogP contribution in [0.4, 0.5) is 4.79 Å². The zero-order chi connectivity index (χ0) is 18.6. The van der Waals surface area contributed by atoms with Gasteiger partial charge in [0.1, 0.15) is 5.82 Å². The highest BCUT2D eigenvalue weighted by atomic mass is 16.2. The summed E-state index contributed by atoms with van der Waals surface area (Å²) in [5.74, 6) is 1.48. The van der Waals surface area contributed by atoms with Gasteiger partial charge in [-0.05, 0) is 30.9 Å². The Labute approximate surface area is 159 Å². The molecule has 0 aliphatic carbocycles. The lowest BCUT2D eigenvalue weighted by molar-refractivity contribution is 0.159. The van der Waals surface area contributed by atoms with Gasteiger partial charge in [-0.3, -0.25) is 0 Å². The zero-order valence-corrected chi connectivity index (χ0v) is 15.7. The minimum absolute atomic E-state index is 0.0316. The van der Waals surface area contributed by atoms with E-state index in [0.717, 1.165) is 55.8 Å². The molecule has 2 amide bonds. The lowest BCUT2D eigenvalue weighted by Crippen LogP contribution is -2.46. The standard InChI is InChI=1S/C20H26N6O/c1-24-18-7-3-2-6-17(18)23-19(24)8-9-22-20(27)26-11-4-5-16(14-26)13-25-12-10-21-15-25/h2-3,6-7,10,12,15-16H,4-5,8-9,11,13-14H2,1H3,(H,22,27)/t16-/m0/s1. The molecule has 1 aliphatic heterocycles. The Bertz CT molecular complexity index is 900. The molecule has 0 unspecified atom stereocenters. The summed E-state index contributed by atoms with van der Waals surface area (Å²) in [5.41, 5.74) is 2.12. The number of nitrogens with zero attached hydrogens (tertiary/aromatic N) is 5. The molecule has 1 aromatic carbocycles. The number of piperidine rings is 1. The Morgan fingerprint density at radius 2 is 2.22 bits per heavy atom. The molecule has 0 spiro atoms. The molecular formula is C20H26N6O. The number of hydrogen-bond donors (Lipinski definition) is 1. The van der Waals surface area contributed by atoms with Crippen LogP contribution in [0.5, 0.6) is 0 Å². The predicted octanol–water partition coefficient (Wildman–Crippen LogP) is 2.43. The molecular weight excluding hydrogens is 340 g/mol. The van der Waals surface area contributed by atoms with Crippen LogP contribution in [0.15, 0.2) is 43.0 Å². The van der Waals surface area contributed by atoms with Crippen LogP contribution in [-0.4, -0.2) is 49.7 Å². The fraction of sp³-hybridized carbons (Fsp3) is 0.450.